The number of benzene rings is 1. The minimum Gasteiger partial charge on any atom is -0.490 e. The number of amides is 1. The van der Waals surface area contributed by atoms with E-state index in [0.29, 0.717) is 6.61 Å². The molecule has 1 saturated carbocycles. The van der Waals surface area contributed by atoms with Gasteiger partial charge in [-0.3, -0.25) is 4.79 Å². The number of hydrogen-bond donors (Lipinski definition) is 1. The van der Waals surface area contributed by atoms with Crippen LogP contribution in [0.4, 0.5) is 5.69 Å². The van der Waals surface area contributed by atoms with E-state index in [4.69, 9.17) is 4.74 Å². The molecule has 15 heavy (non-hydrogen) atoms. The van der Waals surface area contributed by atoms with E-state index in [1.54, 1.807) is 0 Å². The van der Waals surface area contributed by atoms with Gasteiger partial charge in [-0.05, 0) is 40.9 Å². The van der Waals surface area contributed by atoms with Gasteiger partial charge >= 0.3 is 0 Å². The van der Waals surface area contributed by atoms with Gasteiger partial charge in [0.1, 0.15) is 12.4 Å². The molecule has 1 fully saturated rings. The molecule has 3 rings (SSSR count). The fourth-order valence-electron chi connectivity index (χ4n) is 1.80. The van der Waals surface area contributed by atoms with Crippen molar-refractivity contribution in [3.63, 3.8) is 0 Å². The Morgan fingerprint density at radius 1 is 1.40 bits per heavy atom. The van der Waals surface area contributed by atoms with Gasteiger partial charge in [-0.2, -0.15) is 0 Å². The van der Waals surface area contributed by atoms with Crippen molar-refractivity contribution in [1.82, 2.24) is 0 Å². The maximum Gasteiger partial charge on any atom is 0.234 e. The molecule has 0 saturated heterocycles. The lowest BCUT2D eigenvalue weighted by Crippen LogP contribution is -2.26. The monoisotopic (exact) mass is 267 g/mol. The molecule has 1 heterocycles. The number of carbonyl (C=O) groups is 1. The fraction of sp³-hybridized carbons (Fsp3) is 0.364. The molecule has 1 spiro atoms. The first-order valence-electron chi connectivity index (χ1n) is 4.94. The number of ether oxygens (including phenoxy) is 1. The average Bonchev–Trinajstić information content (AvgIpc) is 3.00. The van der Waals surface area contributed by atoms with Gasteiger partial charge in [0.2, 0.25) is 5.91 Å². The van der Waals surface area contributed by atoms with Gasteiger partial charge in [0.05, 0.1) is 11.1 Å². The summed E-state index contributed by atoms with van der Waals surface area (Å²) in [5.41, 5.74) is 0.504. The highest BCUT2D eigenvalue weighted by atomic mass is 79.9. The third-order valence-electron chi connectivity index (χ3n) is 3.05. The van der Waals surface area contributed by atoms with Gasteiger partial charge in [-0.1, -0.05) is 6.07 Å². The first-order valence-corrected chi connectivity index (χ1v) is 5.73. The van der Waals surface area contributed by atoms with Crippen LogP contribution in [0.25, 0.3) is 0 Å². The van der Waals surface area contributed by atoms with Crippen LogP contribution in [0.1, 0.15) is 12.8 Å². The first kappa shape index (κ1) is 9.21. The Hall–Kier alpha value is -1.03. The minimum absolute atomic E-state index is 0.0909. The molecule has 0 atom stereocenters. The van der Waals surface area contributed by atoms with E-state index < -0.39 is 0 Å². The van der Waals surface area contributed by atoms with Crippen LogP contribution in [-0.2, 0) is 4.79 Å². The van der Waals surface area contributed by atoms with Crippen LogP contribution < -0.4 is 10.1 Å². The number of anilines is 1. The zero-order chi connectivity index (χ0) is 10.5. The number of fused-ring (bicyclic) bond motifs is 1. The van der Waals surface area contributed by atoms with E-state index in [1.165, 1.54) is 0 Å². The molecule has 1 N–H and O–H groups in total. The Balaban J connectivity index is 2.04. The zero-order valence-electron chi connectivity index (χ0n) is 8.05. The SMILES string of the molecule is O=C1Nc2c(Br)cccc2OCC12CC2. The predicted molar refractivity (Wildman–Crippen MR) is 59.9 cm³/mol. The Bertz CT molecular complexity index is 440. The highest BCUT2D eigenvalue weighted by Gasteiger charge is 2.52. The van der Waals surface area contributed by atoms with Crippen molar-refractivity contribution in [2.75, 3.05) is 11.9 Å². The molecule has 2 aliphatic rings. The number of hydrogen-bond acceptors (Lipinski definition) is 2. The molecule has 3 nitrogen and oxygen atoms in total. The zero-order valence-corrected chi connectivity index (χ0v) is 9.63. The summed E-state index contributed by atoms with van der Waals surface area (Å²) in [6.45, 7) is 0.502. The van der Waals surface area contributed by atoms with Crippen molar-refractivity contribution in [1.29, 1.82) is 0 Å². The standard InChI is InChI=1S/C11H10BrNO2/c12-7-2-1-3-8-9(7)13-10(14)11(4-5-11)6-15-8/h1-3H,4-6H2,(H,13,14). The molecular weight excluding hydrogens is 258 g/mol. The van der Waals surface area contributed by atoms with Crippen molar-refractivity contribution in [2.45, 2.75) is 12.8 Å². The Morgan fingerprint density at radius 3 is 2.93 bits per heavy atom. The van der Waals surface area contributed by atoms with Crippen LogP contribution in [0.5, 0.6) is 5.75 Å². The lowest BCUT2D eigenvalue weighted by molar-refractivity contribution is -0.121. The molecule has 1 amide bonds. The molecular formula is C11H10BrNO2. The van der Waals surface area contributed by atoms with Gasteiger partial charge in [0, 0.05) is 4.47 Å². The van der Waals surface area contributed by atoms with E-state index in [2.05, 4.69) is 21.2 Å². The number of carbonyl (C=O) groups excluding carboxylic acids is 1. The molecule has 1 aliphatic heterocycles. The second-order valence-corrected chi connectivity index (χ2v) is 4.99. The lowest BCUT2D eigenvalue weighted by atomic mass is 10.1. The number of halogens is 1. The summed E-state index contributed by atoms with van der Waals surface area (Å²) in [7, 11) is 0. The Kier molecular flexibility index (Phi) is 1.83. The molecule has 0 unspecified atom stereocenters. The van der Waals surface area contributed by atoms with Crippen molar-refractivity contribution in [3.8, 4) is 5.75 Å². The van der Waals surface area contributed by atoms with E-state index >= 15 is 0 Å². The van der Waals surface area contributed by atoms with Crippen molar-refractivity contribution in [2.24, 2.45) is 5.41 Å². The molecule has 1 aromatic rings. The van der Waals surface area contributed by atoms with Gasteiger partial charge in [-0.15, -0.1) is 0 Å². The maximum absolute atomic E-state index is 11.9. The van der Waals surface area contributed by atoms with Crippen LogP contribution in [0.3, 0.4) is 0 Å². The molecule has 1 aromatic carbocycles. The van der Waals surface area contributed by atoms with Crippen molar-refractivity contribution < 1.29 is 9.53 Å². The summed E-state index contributed by atoms with van der Waals surface area (Å²) in [5.74, 6) is 0.842. The Labute approximate surface area is 95.9 Å². The summed E-state index contributed by atoms with van der Waals surface area (Å²) in [6, 6.07) is 5.68. The largest absolute Gasteiger partial charge is 0.490 e. The van der Waals surface area contributed by atoms with E-state index in [-0.39, 0.29) is 11.3 Å². The van der Waals surface area contributed by atoms with E-state index in [9.17, 15) is 4.79 Å². The second kappa shape index (κ2) is 2.98. The lowest BCUT2D eigenvalue weighted by Gasteiger charge is -2.08. The number of nitrogens with one attached hydrogen (secondary N) is 1. The van der Waals surface area contributed by atoms with Crippen LogP contribution in [-0.4, -0.2) is 12.5 Å². The minimum atomic E-state index is -0.252. The molecule has 0 radical (unpaired) electrons. The predicted octanol–water partition coefficient (Wildman–Crippen LogP) is 2.56. The molecule has 4 heteroatoms. The van der Waals surface area contributed by atoms with E-state index in [1.807, 2.05) is 18.2 Å². The topological polar surface area (TPSA) is 38.3 Å². The van der Waals surface area contributed by atoms with Crippen molar-refractivity contribution >= 4 is 27.5 Å². The third-order valence-corrected chi connectivity index (χ3v) is 3.71. The van der Waals surface area contributed by atoms with Crippen LogP contribution in [0, 0.1) is 5.41 Å². The molecule has 78 valence electrons. The van der Waals surface area contributed by atoms with Gasteiger partial charge in [0.25, 0.3) is 0 Å². The summed E-state index contributed by atoms with van der Waals surface area (Å²) < 4.78 is 6.53. The Morgan fingerprint density at radius 2 is 2.20 bits per heavy atom. The van der Waals surface area contributed by atoms with E-state index in [0.717, 1.165) is 28.8 Å². The fourth-order valence-corrected chi connectivity index (χ4v) is 2.24. The first-order chi connectivity index (χ1) is 7.21. The van der Waals surface area contributed by atoms with Crippen LogP contribution >= 0.6 is 15.9 Å². The molecule has 1 aliphatic carbocycles. The number of para-hydroxylation sites is 1. The molecule has 0 bridgehead atoms. The summed E-state index contributed by atoms with van der Waals surface area (Å²) >= 11 is 3.41. The summed E-state index contributed by atoms with van der Waals surface area (Å²) in [4.78, 5) is 11.9. The van der Waals surface area contributed by atoms with Crippen LogP contribution in [0.15, 0.2) is 22.7 Å². The quantitative estimate of drug-likeness (QED) is 0.785. The second-order valence-electron chi connectivity index (χ2n) is 4.14. The molecule has 0 aromatic heterocycles. The highest BCUT2D eigenvalue weighted by Crippen LogP contribution is 2.50. The highest BCUT2D eigenvalue weighted by molar-refractivity contribution is 9.10. The number of rotatable bonds is 0. The van der Waals surface area contributed by atoms with Crippen LogP contribution in [0.2, 0.25) is 0 Å². The van der Waals surface area contributed by atoms with Gasteiger partial charge in [-0.25, -0.2) is 0 Å². The maximum atomic E-state index is 11.9. The third kappa shape index (κ3) is 1.35. The average molecular weight is 268 g/mol. The smallest absolute Gasteiger partial charge is 0.234 e. The normalized spacial score (nSPS) is 21.3. The van der Waals surface area contributed by atoms with Gasteiger partial charge in [0.15, 0.2) is 0 Å². The summed E-state index contributed by atoms with van der Waals surface area (Å²) in [6.07, 6.45) is 1.87. The van der Waals surface area contributed by atoms with Gasteiger partial charge < -0.3 is 10.1 Å². The van der Waals surface area contributed by atoms with Crippen molar-refractivity contribution in [3.05, 3.63) is 22.7 Å². The summed E-state index contributed by atoms with van der Waals surface area (Å²) in [5, 5.41) is 2.93.